The Morgan fingerprint density at radius 2 is 1.67 bits per heavy atom. The molecule has 108 valence electrons. The molecule has 2 heteroatoms. The number of halogens is 1. The maximum atomic E-state index is 5.88. The number of ether oxygens (including phenoxy) is 1. The van der Waals surface area contributed by atoms with E-state index in [9.17, 15) is 0 Å². The third-order valence-electron chi connectivity index (χ3n) is 4.14. The molecule has 0 amide bonds. The maximum absolute atomic E-state index is 5.88. The molecule has 1 saturated carbocycles. The van der Waals surface area contributed by atoms with E-state index < -0.39 is 0 Å². The monoisotopic (exact) mass is 318 g/mol. The van der Waals surface area contributed by atoms with Gasteiger partial charge >= 0.3 is 0 Å². The molecule has 0 saturated heterocycles. The molecular weight excluding hydrogens is 288 g/mol. The summed E-state index contributed by atoms with van der Waals surface area (Å²) in [6, 6.07) is 0. The molecule has 0 aliphatic heterocycles. The van der Waals surface area contributed by atoms with Gasteiger partial charge in [-0.1, -0.05) is 36.7 Å². The standard InChI is InChI=1S/C16H31BrO/c1-15(2,3)13-7-8-14(17)12(11-13)9-10-18-16(4,5)6/h12-14H,7-11H2,1-6H3. The van der Waals surface area contributed by atoms with E-state index in [1.807, 2.05) is 0 Å². The van der Waals surface area contributed by atoms with Crippen molar-refractivity contribution < 1.29 is 4.74 Å². The van der Waals surface area contributed by atoms with Gasteiger partial charge in [0.2, 0.25) is 0 Å². The Balaban J connectivity index is 2.43. The molecule has 1 aliphatic rings. The van der Waals surface area contributed by atoms with Gasteiger partial charge in [-0.2, -0.15) is 0 Å². The Morgan fingerprint density at radius 1 is 1.06 bits per heavy atom. The minimum atomic E-state index is -0.0000944. The summed E-state index contributed by atoms with van der Waals surface area (Å²) in [5, 5.41) is 0. The van der Waals surface area contributed by atoms with Crippen molar-refractivity contribution in [2.45, 2.75) is 77.7 Å². The summed E-state index contributed by atoms with van der Waals surface area (Å²) in [4.78, 5) is 0.694. The maximum Gasteiger partial charge on any atom is 0.0598 e. The van der Waals surface area contributed by atoms with Gasteiger partial charge in [-0.05, 0) is 63.7 Å². The number of hydrogen-bond acceptors (Lipinski definition) is 1. The highest BCUT2D eigenvalue weighted by Crippen LogP contribution is 2.43. The van der Waals surface area contributed by atoms with Gasteiger partial charge in [0.05, 0.1) is 5.60 Å². The summed E-state index contributed by atoms with van der Waals surface area (Å²) in [6.45, 7) is 14.5. The second kappa shape index (κ2) is 6.26. The quantitative estimate of drug-likeness (QED) is 0.631. The van der Waals surface area contributed by atoms with Gasteiger partial charge in [0.1, 0.15) is 0 Å². The molecule has 0 bridgehead atoms. The van der Waals surface area contributed by atoms with Crippen LogP contribution in [0.1, 0.15) is 67.2 Å². The Kier molecular flexibility index (Phi) is 5.74. The molecule has 0 heterocycles. The van der Waals surface area contributed by atoms with E-state index in [1.165, 1.54) is 25.7 Å². The Morgan fingerprint density at radius 3 is 2.17 bits per heavy atom. The minimum absolute atomic E-state index is 0.0000944. The smallest absolute Gasteiger partial charge is 0.0598 e. The lowest BCUT2D eigenvalue weighted by Crippen LogP contribution is -2.33. The van der Waals surface area contributed by atoms with Gasteiger partial charge in [0.25, 0.3) is 0 Å². The third-order valence-corrected chi connectivity index (χ3v) is 5.34. The molecular formula is C16H31BrO. The zero-order chi connectivity index (χ0) is 14.0. The van der Waals surface area contributed by atoms with Crippen LogP contribution in [0.5, 0.6) is 0 Å². The first-order chi connectivity index (χ1) is 8.09. The molecule has 1 rings (SSSR count). The van der Waals surface area contributed by atoms with Crippen molar-refractivity contribution in [1.82, 2.24) is 0 Å². The van der Waals surface area contributed by atoms with Crippen LogP contribution in [-0.2, 0) is 4.74 Å². The third kappa shape index (κ3) is 5.61. The van der Waals surface area contributed by atoms with Gasteiger partial charge in [0.15, 0.2) is 0 Å². The first kappa shape index (κ1) is 16.5. The van der Waals surface area contributed by atoms with Crippen molar-refractivity contribution in [1.29, 1.82) is 0 Å². The highest BCUT2D eigenvalue weighted by Gasteiger charge is 2.34. The first-order valence-electron chi connectivity index (χ1n) is 7.37. The van der Waals surface area contributed by atoms with Gasteiger partial charge in [-0.3, -0.25) is 0 Å². The van der Waals surface area contributed by atoms with Crippen LogP contribution in [0.3, 0.4) is 0 Å². The van der Waals surface area contributed by atoms with Crippen LogP contribution < -0.4 is 0 Å². The highest BCUT2D eigenvalue weighted by atomic mass is 79.9. The fraction of sp³-hybridized carbons (Fsp3) is 1.00. The summed E-state index contributed by atoms with van der Waals surface area (Å²) in [5.41, 5.74) is 0.455. The fourth-order valence-corrected chi connectivity index (χ4v) is 3.57. The average molecular weight is 319 g/mol. The number of rotatable bonds is 3. The fourth-order valence-electron chi connectivity index (χ4n) is 2.83. The van der Waals surface area contributed by atoms with Crippen LogP contribution in [0.15, 0.2) is 0 Å². The summed E-state index contributed by atoms with van der Waals surface area (Å²) in [5.74, 6) is 1.65. The second-order valence-electron chi connectivity index (χ2n) is 7.90. The average Bonchev–Trinajstić information content (AvgIpc) is 2.17. The van der Waals surface area contributed by atoms with E-state index in [0.717, 1.165) is 18.4 Å². The van der Waals surface area contributed by atoms with Gasteiger partial charge < -0.3 is 4.74 Å². The van der Waals surface area contributed by atoms with Crippen molar-refractivity contribution >= 4 is 15.9 Å². The Hall–Kier alpha value is 0.440. The van der Waals surface area contributed by atoms with E-state index >= 15 is 0 Å². The molecule has 0 spiro atoms. The second-order valence-corrected chi connectivity index (χ2v) is 9.08. The summed E-state index contributed by atoms with van der Waals surface area (Å²) in [6.07, 6.45) is 5.24. The van der Waals surface area contributed by atoms with Crippen molar-refractivity contribution in [3.63, 3.8) is 0 Å². The van der Waals surface area contributed by atoms with E-state index in [0.29, 0.717) is 10.2 Å². The van der Waals surface area contributed by atoms with Gasteiger partial charge in [0, 0.05) is 11.4 Å². The summed E-state index contributed by atoms with van der Waals surface area (Å²) in [7, 11) is 0. The molecule has 18 heavy (non-hydrogen) atoms. The molecule has 0 aromatic rings. The Labute approximate surface area is 122 Å². The lowest BCUT2D eigenvalue weighted by Gasteiger charge is -2.40. The lowest BCUT2D eigenvalue weighted by atomic mass is 9.68. The highest BCUT2D eigenvalue weighted by molar-refractivity contribution is 9.09. The zero-order valence-corrected chi connectivity index (χ0v) is 14.6. The molecule has 0 radical (unpaired) electrons. The van der Waals surface area contributed by atoms with E-state index in [1.54, 1.807) is 0 Å². The molecule has 0 aromatic heterocycles. The van der Waals surface area contributed by atoms with Crippen LogP contribution >= 0.6 is 15.9 Å². The molecule has 1 nitrogen and oxygen atoms in total. The molecule has 0 aromatic carbocycles. The van der Waals surface area contributed by atoms with Gasteiger partial charge in [-0.15, -0.1) is 0 Å². The molecule has 0 N–H and O–H groups in total. The molecule has 1 aliphatic carbocycles. The topological polar surface area (TPSA) is 9.23 Å². The SMILES string of the molecule is CC(C)(C)OCCC1CC(C(C)(C)C)CCC1Br. The molecule has 1 fully saturated rings. The van der Waals surface area contributed by atoms with Crippen molar-refractivity contribution in [2.75, 3.05) is 6.61 Å². The van der Waals surface area contributed by atoms with Crippen molar-refractivity contribution in [3.05, 3.63) is 0 Å². The Bertz CT molecular complexity index is 249. The van der Waals surface area contributed by atoms with Crippen LogP contribution in [0.2, 0.25) is 0 Å². The predicted molar refractivity (Wildman–Crippen MR) is 83.3 cm³/mol. The van der Waals surface area contributed by atoms with Crippen LogP contribution in [-0.4, -0.2) is 17.0 Å². The zero-order valence-electron chi connectivity index (χ0n) is 13.1. The van der Waals surface area contributed by atoms with Gasteiger partial charge in [-0.25, -0.2) is 0 Å². The van der Waals surface area contributed by atoms with E-state index in [2.05, 4.69) is 57.5 Å². The normalized spacial score (nSPS) is 30.5. The molecule has 3 atom stereocenters. The van der Waals surface area contributed by atoms with E-state index in [4.69, 9.17) is 4.74 Å². The van der Waals surface area contributed by atoms with Crippen LogP contribution in [0.25, 0.3) is 0 Å². The van der Waals surface area contributed by atoms with Crippen LogP contribution in [0, 0.1) is 17.3 Å². The summed E-state index contributed by atoms with van der Waals surface area (Å²) >= 11 is 3.87. The van der Waals surface area contributed by atoms with Crippen molar-refractivity contribution in [3.8, 4) is 0 Å². The summed E-state index contributed by atoms with van der Waals surface area (Å²) < 4.78 is 5.88. The van der Waals surface area contributed by atoms with Crippen LogP contribution in [0.4, 0.5) is 0 Å². The predicted octanol–water partition coefficient (Wildman–Crippen LogP) is 5.42. The lowest BCUT2D eigenvalue weighted by molar-refractivity contribution is -0.0134. The minimum Gasteiger partial charge on any atom is -0.376 e. The molecule has 3 unspecified atom stereocenters. The largest absolute Gasteiger partial charge is 0.376 e. The number of hydrogen-bond donors (Lipinski definition) is 0. The first-order valence-corrected chi connectivity index (χ1v) is 8.29. The van der Waals surface area contributed by atoms with Crippen molar-refractivity contribution in [2.24, 2.45) is 17.3 Å². The number of alkyl halides is 1. The van der Waals surface area contributed by atoms with E-state index in [-0.39, 0.29) is 5.60 Å².